The predicted octanol–water partition coefficient (Wildman–Crippen LogP) is 16.8. The van der Waals surface area contributed by atoms with Gasteiger partial charge in [-0.3, -0.25) is 0 Å². The molecule has 0 heterocycles. The fraction of sp³-hybridized carbons (Fsp3) is 0. The highest BCUT2D eigenvalue weighted by atomic mass is 14.2. The second kappa shape index (κ2) is 15.2. The van der Waals surface area contributed by atoms with Crippen molar-refractivity contribution in [1.82, 2.24) is 0 Å². The lowest BCUT2D eigenvalue weighted by molar-refractivity contribution is 1.58. The van der Waals surface area contributed by atoms with Crippen LogP contribution in [0.4, 0.5) is 0 Å². The molecule has 0 radical (unpaired) electrons. The van der Waals surface area contributed by atoms with E-state index >= 15 is 0 Å². The Morgan fingerprint density at radius 2 is 0.450 bits per heavy atom. The van der Waals surface area contributed by atoms with Gasteiger partial charge in [0.1, 0.15) is 0 Å². The second-order valence-electron chi connectivity index (χ2n) is 15.7. The third-order valence-electron chi connectivity index (χ3n) is 12.0. The highest BCUT2D eigenvalue weighted by Crippen LogP contribution is 2.46. The van der Waals surface area contributed by atoms with Crippen LogP contribution in [0.5, 0.6) is 0 Å². The van der Waals surface area contributed by atoms with E-state index in [0.29, 0.717) is 0 Å². The molecule has 0 unspecified atom stereocenters. The number of rotatable bonds is 7. The quantitative estimate of drug-likeness (QED) is 0.142. The van der Waals surface area contributed by atoms with Crippen molar-refractivity contribution >= 4 is 32.3 Å². The van der Waals surface area contributed by atoms with Gasteiger partial charge in [-0.1, -0.05) is 206 Å². The Labute approximate surface area is 351 Å². The first-order chi connectivity index (χ1) is 29.7. The van der Waals surface area contributed by atoms with E-state index in [-0.39, 0.29) is 0 Å². The fourth-order valence-corrected chi connectivity index (χ4v) is 9.06. The van der Waals surface area contributed by atoms with E-state index in [1.54, 1.807) is 0 Å². The maximum Gasteiger partial charge on any atom is -0.00259 e. The van der Waals surface area contributed by atoms with Crippen LogP contribution in [0.1, 0.15) is 0 Å². The molecule has 60 heavy (non-hydrogen) atoms. The first kappa shape index (κ1) is 35.4. The summed E-state index contributed by atoms with van der Waals surface area (Å²) in [5.74, 6) is 0. The molecule has 0 aliphatic heterocycles. The minimum absolute atomic E-state index is 1.21. The van der Waals surface area contributed by atoms with Crippen molar-refractivity contribution in [2.75, 3.05) is 0 Å². The SMILES string of the molecule is c1ccc(-c2cccc(-c3ccc(-c4ccc5ccc(-c6c7ccccc7c(-c7cc(-c8ccccc8)cc(-c8ccccc8)c7)c7ccccc67)cc5c4)cc3)c2)cc1. The fourth-order valence-electron chi connectivity index (χ4n) is 9.06. The summed E-state index contributed by atoms with van der Waals surface area (Å²) in [5, 5.41) is 7.45. The van der Waals surface area contributed by atoms with E-state index in [4.69, 9.17) is 0 Å². The monoisotopic (exact) mass is 760 g/mol. The van der Waals surface area contributed by atoms with Gasteiger partial charge in [0.25, 0.3) is 0 Å². The van der Waals surface area contributed by atoms with E-state index in [1.165, 1.54) is 110 Å². The molecule has 0 nitrogen and oxygen atoms in total. The standard InChI is InChI=1S/C60H40/c1-4-15-41(16-5-1)47-21-14-22-48(35-47)44-27-29-45(30-28-44)49-33-31-46-32-34-50(37-51(46)36-49)59-55-23-10-12-25-57(55)60(58-26-13-11-24-56(58)59)54-39-52(42-17-6-2-7-18-42)38-53(40-54)43-19-8-3-9-20-43/h1-40H. The molecule has 0 amide bonds. The maximum atomic E-state index is 2.39. The van der Waals surface area contributed by atoms with Gasteiger partial charge in [0.2, 0.25) is 0 Å². The van der Waals surface area contributed by atoms with Gasteiger partial charge in [-0.05, 0) is 147 Å². The van der Waals surface area contributed by atoms with Gasteiger partial charge in [-0.2, -0.15) is 0 Å². The molecule has 0 saturated heterocycles. The van der Waals surface area contributed by atoms with Gasteiger partial charge >= 0.3 is 0 Å². The molecule has 11 aromatic carbocycles. The largest absolute Gasteiger partial charge is 0.0622 e. The van der Waals surface area contributed by atoms with Crippen molar-refractivity contribution in [2.24, 2.45) is 0 Å². The average Bonchev–Trinajstić information content (AvgIpc) is 3.33. The molecule has 11 aromatic rings. The van der Waals surface area contributed by atoms with Crippen LogP contribution in [-0.4, -0.2) is 0 Å². The Balaban J connectivity index is 1.02. The lowest BCUT2D eigenvalue weighted by Crippen LogP contribution is -1.92. The molecule has 0 atom stereocenters. The Morgan fingerprint density at radius 1 is 0.150 bits per heavy atom. The van der Waals surface area contributed by atoms with Crippen molar-refractivity contribution in [1.29, 1.82) is 0 Å². The molecule has 0 saturated carbocycles. The van der Waals surface area contributed by atoms with Gasteiger partial charge in [-0.15, -0.1) is 0 Å². The van der Waals surface area contributed by atoms with E-state index in [2.05, 4.69) is 243 Å². The lowest BCUT2D eigenvalue weighted by atomic mass is 9.84. The van der Waals surface area contributed by atoms with Gasteiger partial charge < -0.3 is 0 Å². The number of benzene rings is 11. The zero-order valence-electron chi connectivity index (χ0n) is 33.1. The Kier molecular flexibility index (Phi) is 8.95. The van der Waals surface area contributed by atoms with Crippen LogP contribution in [0.25, 0.3) is 110 Å². The number of fused-ring (bicyclic) bond motifs is 3. The average molecular weight is 761 g/mol. The smallest absolute Gasteiger partial charge is 0.00259 e. The Hall–Kier alpha value is -7.80. The zero-order valence-corrected chi connectivity index (χ0v) is 33.1. The van der Waals surface area contributed by atoms with E-state index < -0.39 is 0 Å². The van der Waals surface area contributed by atoms with E-state index in [1.807, 2.05) is 0 Å². The van der Waals surface area contributed by atoms with Crippen LogP contribution < -0.4 is 0 Å². The van der Waals surface area contributed by atoms with Crippen LogP contribution in [0.3, 0.4) is 0 Å². The zero-order chi connectivity index (χ0) is 39.8. The molecule has 0 spiro atoms. The van der Waals surface area contributed by atoms with Gasteiger partial charge in [0.05, 0.1) is 0 Å². The molecule has 0 bridgehead atoms. The molecule has 0 aliphatic rings. The summed E-state index contributed by atoms with van der Waals surface area (Å²) < 4.78 is 0. The van der Waals surface area contributed by atoms with E-state index in [0.717, 1.165) is 0 Å². The van der Waals surface area contributed by atoms with Gasteiger partial charge in [-0.25, -0.2) is 0 Å². The van der Waals surface area contributed by atoms with Crippen molar-refractivity contribution in [3.05, 3.63) is 243 Å². The lowest BCUT2D eigenvalue weighted by Gasteiger charge is -2.19. The predicted molar refractivity (Wildman–Crippen MR) is 257 cm³/mol. The molecule has 0 fully saturated rings. The normalized spacial score (nSPS) is 11.3. The summed E-state index contributed by atoms with van der Waals surface area (Å²) in [6.45, 7) is 0. The first-order valence-corrected chi connectivity index (χ1v) is 20.7. The van der Waals surface area contributed by atoms with Gasteiger partial charge in [0, 0.05) is 0 Å². The summed E-state index contributed by atoms with van der Waals surface area (Å²) >= 11 is 0. The molecular weight excluding hydrogens is 721 g/mol. The van der Waals surface area contributed by atoms with Crippen molar-refractivity contribution in [3.63, 3.8) is 0 Å². The molecule has 11 rings (SSSR count). The molecule has 0 aromatic heterocycles. The number of hydrogen-bond acceptors (Lipinski definition) is 0. The summed E-state index contributed by atoms with van der Waals surface area (Å²) in [6, 6.07) is 88.8. The van der Waals surface area contributed by atoms with Crippen molar-refractivity contribution in [2.45, 2.75) is 0 Å². The summed E-state index contributed by atoms with van der Waals surface area (Å²) in [4.78, 5) is 0. The van der Waals surface area contributed by atoms with Crippen LogP contribution in [0, 0.1) is 0 Å². The molecule has 0 N–H and O–H groups in total. The third kappa shape index (κ3) is 6.55. The summed E-state index contributed by atoms with van der Waals surface area (Å²) in [6.07, 6.45) is 0. The van der Waals surface area contributed by atoms with Crippen molar-refractivity contribution in [3.8, 4) is 77.9 Å². The molecule has 280 valence electrons. The van der Waals surface area contributed by atoms with Crippen LogP contribution >= 0.6 is 0 Å². The second-order valence-corrected chi connectivity index (χ2v) is 15.7. The van der Waals surface area contributed by atoms with E-state index in [9.17, 15) is 0 Å². The first-order valence-electron chi connectivity index (χ1n) is 20.7. The molecule has 0 heteroatoms. The molecule has 0 aliphatic carbocycles. The van der Waals surface area contributed by atoms with Crippen LogP contribution in [0.15, 0.2) is 243 Å². The summed E-state index contributed by atoms with van der Waals surface area (Å²) in [7, 11) is 0. The highest BCUT2D eigenvalue weighted by molar-refractivity contribution is 6.22. The third-order valence-corrected chi connectivity index (χ3v) is 12.0. The number of hydrogen-bond donors (Lipinski definition) is 0. The minimum Gasteiger partial charge on any atom is -0.0622 e. The minimum atomic E-state index is 1.21. The highest BCUT2D eigenvalue weighted by Gasteiger charge is 2.18. The van der Waals surface area contributed by atoms with Crippen LogP contribution in [-0.2, 0) is 0 Å². The van der Waals surface area contributed by atoms with Crippen molar-refractivity contribution < 1.29 is 0 Å². The topological polar surface area (TPSA) is 0 Å². The Morgan fingerprint density at radius 3 is 0.933 bits per heavy atom. The maximum absolute atomic E-state index is 2.39. The summed E-state index contributed by atoms with van der Waals surface area (Å²) in [5.41, 5.74) is 17.1. The molecular formula is C60H40. The Bertz CT molecular complexity index is 3210. The van der Waals surface area contributed by atoms with Gasteiger partial charge in [0.15, 0.2) is 0 Å². The van der Waals surface area contributed by atoms with Crippen LogP contribution in [0.2, 0.25) is 0 Å².